The Labute approximate surface area is 390 Å². The van der Waals surface area contributed by atoms with Crippen molar-refractivity contribution < 1.29 is 66.9 Å². The van der Waals surface area contributed by atoms with Gasteiger partial charge in [0.15, 0.2) is 26.0 Å². The van der Waals surface area contributed by atoms with Crippen molar-refractivity contribution in [2.45, 2.75) is 164 Å². The van der Waals surface area contributed by atoms with Crippen LogP contribution in [-0.2, 0) is 69.6 Å². The third-order valence-corrected chi connectivity index (χ3v) is 22.0. The molecule has 0 radical (unpaired) electrons. The fourth-order valence-electron chi connectivity index (χ4n) is 7.48. The first-order valence-electron chi connectivity index (χ1n) is 22.0. The van der Waals surface area contributed by atoms with Crippen LogP contribution >= 0.6 is 0 Å². The van der Waals surface area contributed by atoms with Gasteiger partial charge in [0.05, 0.1) is 46.6 Å². The normalized spacial score (nSPS) is 20.8. The van der Waals surface area contributed by atoms with Crippen LogP contribution in [0.15, 0.2) is 21.2 Å². The number of hydrogen-bond donors (Lipinski definition) is 3. The largest absolute Gasteiger partial charge is 0.392 e. The van der Waals surface area contributed by atoms with Crippen LogP contribution in [0.25, 0.3) is 0 Å². The van der Waals surface area contributed by atoms with E-state index in [1.165, 1.54) is 42.4 Å². The zero-order valence-electron chi connectivity index (χ0n) is 40.1. The maximum Gasteiger partial charge on any atom is 0.247 e. The van der Waals surface area contributed by atoms with Gasteiger partial charge in [-0.25, -0.2) is 42.3 Å². The molecule has 2 aromatic rings. The van der Waals surface area contributed by atoms with Crippen LogP contribution < -0.4 is 10.6 Å². The molecule has 3 fully saturated rings. The lowest BCUT2D eigenvalue weighted by Crippen LogP contribution is -2.52. The third kappa shape index (κ3) is 12.4. The lowest BCUT2D eigenvalue weighted by Gasteiger charge is -2.34. The highest BCUT2D eigenvalue weighted by Crippen LogP contribution is 2.35. The van der Waals surface area contributed by atoms with Gasteiger partial charge in [0.1, 0.15) is 9.49 Å². The van der Waals surface area contributed by atoms with Gasteiger partial charge < -0.3 is 23.6 Å². The van der Waals surface area contributed by atoms with Gasteiger partial charge in [-0.3, -0.25) is 20.2 Å². The summed E-state index contributed by atoms with van der Waals surface area (Å²) < 4.78 is 121. The Morgan fingerprint density at radius 3 is 1.38 bits per heavy atom. The summed E-state index contributed by atoms with van der Waals surface area (Å²) in [4.78, 5) is 25.9. The van der Waals surface area contributed by atoms with Crippen molar-refractivity contribution in [1.82, 2.24) is 18.9 Å². The summed E-state index contributed by atoms with van der Waals surface area (Å²) in [5.41, 5.74) is -0.319. The Bertz CT molecular complexity index is 2460. The quantitative estimate of drug-likeness (QED) is 0.217. The second-order valence-electron chi connectivity index (χ2n) is 19.6. The molecule has 5 heterocycles. The summed E-state index contributed by atoms with van der Waals surface area (Å²) in [6.07, 6.45) is 4.36. The van der Waals surface area contributed by atoms with Gasteiger partial charge in [-0.15, -0.1) is 0 Å². The van der Waals surface area contributed by atoms with E-state index in [-0.39, 0.29) is 76.0 Å². The minimum Gasteiger partial charge on any atom is -0.392 e. The number of carbonyl (C=O) groups excluding carboxylic acids is 2. The SMILES string of the molecule is C[C@H](O)C(C)(C)c1cc(NC(=O)C(C)(C)S(=O)(=O)C2CCN(S(C)(=O)=O)CC2)on1.C[C@H](OC1CCCCO1)C(C)(C)c1cc(NC(=O)C(C)(C)S(=O)(=O)C2CCN(S(C)(=O)=O)CC2)on1. The Morgan fingerprint density at radius 2 is 1.05 bits per heavy atom. The van der Waals surface area contributed by atoms with Gasteiger partial charge in [-0.05, 0) is 86.5 Å². The van der Waals surface area contributed by atoms with Crippen molar-refractivity contribution in [3.63, 3.8) is 0 Å². The maximum atomic E-state index is 13.3. The summed E-state index contributed by atoms with van der Waals surface area (Å²) in [5.74, 6) is -1.49. The number of anilines is 2. The Hall–Kier alpha value is -3.04. The molecule has 3 saturated heterocycles. The van der Waals surface area contributed by atoms with E-state index in [0.717, 1.165) is 31.8 Å². The van der Waals surface area contributed by atoms with Gasteiger partial charge in [0.25, 0.3) is 0 Å². The van der Waals surface area contributed by atoms with Crippen molar-refractivity contribution >= 4 is 63.3 Å². The molecule has 2 amide bonds. The van der Waals surface area contributed by atoms with Crippen molar-refractivity contribution in [3.8, 4) is 0 Å². The van der Waals surface area contributed by atoms with Crippen LogP contribution in [0.2, 0.25) is 0 Å². The predicted molar refractivity (Wildman–Crippen MR) is 247 cm³/mol. The van der Waals surface area contributed by atoms with Crippen LogP contribution in [0.5, 0.6) is 0 Å². The number of aliphatic hydroxyl groups excluding tert-OH is 1. The molecule has 0 bridgehead atoms. The molecule has 3 atom stereocenters. The summed E-state index contributed by atoms with van der Waals surface area (Å²) in [5, 5.41) is 21.2. The second-order valence-corrected chi connectivity index (χ2v) is 29.1. The van der Waals surface area contributed by atoms with E-state index in [0.29, 0.717) is 18.0 Å². The van der Waals surface area contributed by atoms with Crippen LogP contribution in [0.3, 0.4) is 0 Å². The Kier molecular flexibility index (Phi) is 17.3. The molecule has 2 aromatic heterocycles. The number of aliphatic hydroxyl groups is 1. The lowest BCUT2D eigenvalue weighted by molar-refractivity contribution is -0.196. The average molecular weight is 1020 g/mol. The number of rotatable bonds is 16. The highest BCUT2D eigenvalue weighted by Gasteiger charge is 2.49. The number of hydrogen-bond acceptors (Lipinski definition) is 17. The third-order valence-electron chi connectivity index (χ3n) is 13.5. The number of carbonyl (C=O) groups is 2. The zero-order valence-corrected chi connectivity index (χ0v) is 43.4. The number of sulfone groups is 2. The molecule has 1 unspecified atom stereocenters. The smallest absolute Gasteiger partial charge is 0.247 e. The number of aromatic nitrogens is 2. The van der Waals surface area contributed by atoms with Crippen molar-refractivity contribution in [1.29, 1.82) is 0 Å². The molecule has 25 heteroatoms. The standard InChI is InChI=1S/C23H39N3O8S2.C18H31N3O7S2/c1-16(33-20-9-7-8-14-32-20)22(2,3)18-15-19(34-25-18)24-21(27)23(4,5)36(30,31)17-10-12-26(13-11-17)35(6,28)29;1-12(22)17(2,3)14-11-15(28-20-14)19-16(23)18(4,5)30(26,27)13-7-9-21(10-8-13)29(6,24)25/h15-17,20H,7-14H2,1-6H3,(H,24,27);11-13,22H,7-10H2,1-6H3,(H,19,23)/t16-,20?;12-/m00/s1. The number of piperidine rings is 2. The van der Waals surface area contributed by atoms with E-state index in [9.17, 15) is 48.4 Å². The first-order chi connectivity index (χ1) is 30.1. The molecule has 378 valence electrons. The number of sulfonamides is 2. The molecule has 3 aliphatic heterocycles. The molecular formula is C41H70N6O15S4. The summed E-state index contributed by atoms with van der Waals surface area (Å²) in [7, 11) is -14.6. The van der Waals surface area contributed by atoms with Crippen molar-refractivity contribution in [3.05, 3.63) is 23.5 Å². The second kappa shape index (κ2) is 20.5. The fourth-order valence-corrected chi connectivity index (χ4v) is 13.2. The van der Waals surface area contributed by atoms with Crippen LogP contribution in [0.1, 0.15) is 126 Å². The van der Waals surface area contributed by atoms with Gasteiger partial charge in [0.2, 0.25) is 43.6 Å². The van der Waals surface area contributed by atoms with Gasteiger partial charge in [0, 0.05) is 55.7 Å². The summed E-state index contributed by atoms with van der Waals surface area (Å²) in [6, 6.07) is 3.03. The molecule has 0 aromatic carbocycles. The molecule has 0 saturated carbocycles. The first-order valence-corrected chi connectivity index (χ1v) is 28.8. The molecule has 66 heavy (non-hydrogen) atoms. The number of nitrogens with one attached hydrogen (secondary N) is 2. The van der Waals surface area contributed by atoms with E-state index < -0.39 is 88.5 Å². The van der Waals surface area contributed by atoms with Gasteiger partial charge in [-0.2, -0.15) is 0 Å². The van der Waals surface area contributed by atoms with Crippen LogP contribution in [0, 0.1) is 0 Å². The van der Waals surface area contributed by atoms with E-state index in [2.05, 4.69) is 20.9 Å². The van der Waals surface area contributed by atoms with E-state index >= 15 is 0 Å². The lowest BCUT2D eigenvalue weighted by atomic mass is 9.84. The monoisotopic (exact) mass is 1010 g/mol. The maximum absolute atomic E-state index is 13.3. The molecular weight excluding hydrogens is 945 g/mol. The van der Waals surface area contributed by atoms with Crippen LogP contribution in [-0.4, -0.2) is 153 Å². The Balaban J connectivity index is 0.000000294. The highest BCUT2D eigenvalue weighted by molar-refractivity contribution is 7.94. The van der Waals surface area contributed by atoms with E-state index in [1.54, 1.807) is 26.8 Å². The zero-order chi connectivity index (χ0) is 50.1. The topological polar surface area (TPSA) is 292 Å². The molecule has 0 aliphatic carbocycles. The van der Waals surface area contributed by atoms with E-state index in [1.807, 2.05) is 20.8 Å². The molecule has 3 aliphatic rings. The summed E-state index contributed by atoms with van der Waals surface area (Å²) >= 11 is 0. The molecule has 0 spiro atoms. The van der Waals surface area contributed by atoms with Gasteiger partial charge >= 0.3 is 0 Å². The highest BCUT2D eigenvalue weighted by atomic mass is 32.2. The van der Waals surface area contributed by atoms with Crippen LogP contribution in [0.4, 0.5) is 11.8 Å². The van der Waals surface area contributed by atoms with Gasteiger partial charge in [-0.1, -0.05) is 38.0 Å². The Morgan fingerprint density at radius 1 is 0.667 bits per heavy atom. The average Bonchev–Trinajstić information content (AvgIpc) is 3.91. The molecule has 5 rings (SSSR count). The van der Waals surface area contributed by atoms with E-state index in [4.69, 9.17) is 18.5 Å². The molecule has 3 N–H and O–H groups in total. The molecule has 21 nitrogen and oxygen atoms in total. The predicted octanol–water partition coefficient (Wildman–Crippen LogP) is 3.33. The summed E-state index contributed by atoms with van der Waals surface area (Å²) in [6.45, 7) is 17.4. The van der Waals surface area contributed by atoms with Crippen molar-refractivity contribution in [2.24, 2.45) is 0 Å². The minimum atomic E-state index is -3.93. The first kappa shape index (κ1) is 55.6. The number of nitrogens with zero attached hydrogens (tertiary/aromatic N) is 4. The van der Waals surface area contributed by atoms with Crippen molar-refractivity contribution in [2.75, 3.05) is 55.9 Å². The minimum absolute atomic E-state index is 0.0149. The number of ether oxygens (including phenoxy) is 2. The number of amides is 2. The fraction of sp³-hybridized carbons (Fsp3) is 0.805.